The summed E-state index contributed by atoms with van der Waals surface area (Å²) < 4.78 is 28.4. The van der Waals surface area contributed by atoms with Crippen LogP contribution in [0.1, 0.15) is 30.9 Å². The van der Waals surface area contributed by atoms with Crippen LogP contribution in [0.5, 0.6) is 23.0 Å². The van der Waals surface area contributed by atoms with E-state index in [1.165, 1.54) is 0 Å². The zero-order chi connectivity index (χ0) is 21.5. The fourth-order valence-electron chi connectivity index (χ4n) is 3.54. The highest BCUT2D eigenvalue weighted by Gasteiger charge is 2.29. The molecule has 0 bridgehead atoms. The Labute approximate surface area is 178 Å². The largest absolute Gasteiger partial charge is 0.497 e. The maximum Gasteiger partial charge on any atom is 0.200 e. The molecule has 3 atom stereocenters. The predicted octanol–water partition coefficient (Wildman–Crippen LogP) is 4.40. The zero-order valence-corrected chi connectivity index (χ0v) is 18.0. The zero-order valence-electron chi connectivity index (χ0n) is 18.0. The molecule has 3 rings (SSSR count). The van der Waals surface area contributed by atoms with E-state index in [-0.39, 0.29) is 12.7 Å². The van der Waals surface area contributed by atoms with Crippen molar-refractivity contribution in [3.05, 3.63) is 47.5 Å². The Kier molecular flexibility index (Phi) is 7.60. The van der Waals surface area contributed by atoms with E-state index in [2.05, 4.69) is 6.92 Å². The Morgan fingerprint density at radius 1 is 0.967 bits per heavy atom. The minimum Gasteiger partial charge on any atom is -0.497 e. The molecule has 6 heteroatoms. The van der Waals surface area contributed by atoms with Crippen LogP contribution in [0.3, 0.4) is 0 Å². The summed E-state index contributed by atoms with van der Waals surface area (Å²) in [6.45, 7) is 2.12. The monoisotopic (exact) mass is 414 g/mol. The van der Waals surface area contributed by atoms with Crippen molar-refractivity contribution < 1.29 is 28.8 Å². The van der Waals surface area contributed by atoms with Gasteiger partial charge in [-0.3, -0.25) is 0 Å². The van der Waals surface area contributed by atoms with Gasteiger partial charge in [-0.2, -0.15) is 0 Å². The molecule has 0 aromatic heterocycles. The summed E-state index contributed by atoms with van der Waals surface area (Å²) >= 11 is 0. The molecule has 0 amide bonds. The van der Waals surface area contributed by atoms with Gasteiger partial charge in [-0.05, 0) is 36.1 Å². The summed E-state index contributed by atoms with van der Waals surface area (Å²) in [4.78, 5) is 0. The first-order valence-electron chi connectivity index (χ1n) is 10.1. The first-order chi connectivity index (χ1) is 14.6. The van der Waals surface area contributed by atoms with Gasteiger partial charge in [0.1, 0.15) is 11.5 Å². The van der Waals surface area contributed by atoms with Crippen LogP contribution in [-0.2, 0) is 4.74 Å². The molecule has 2 aromatic carbocycles. The second-order valence-corrected chi connectivity index (χ2v) is 7.42. The van der Waals surface area contributed by atoms with Crippen LogP contribution in [0.25, 0.3) is 12.2 Å². The van der Waals surface area contributed by atoms with Crippen molar-refractivity contribution in [1.82, 2.24) is 0 Å². The number of hydrogen-bond acceptors (Lipinski definition) is 6. The molecule has 0 radical (unpaired) electrons. The van der Waals surface area contributed by atoms with Crippen LogP contribution in [0.2, 0.25) is 0 Å². The van der Waals surface area contributed by atoms with Crippen molar-refractivity contribution >= 4 is 12.2 Å². The minimum absolute atomic E-state index is 0.0197. The van der Waals surface area contributed by atoms with Crippen molar-refractivity contribution in [2.75, 3.05) is 27.9 Å². The molecule has 2 aromatic rings. The minimum atomic E-state index is -0.457. The summed E-state index contributed by atoms with van der Waals surface area (Å²) in [6, 6.07) is 11.5. The molecular weight excluding hydrogens is 384 g/mol. The summed E-state index contributed by atoms with van der Waals surface area (Å²) in [5.41, 5.74) is 1.83. The Balaban J connectivity index is 1.91. The van der Waals surface area contributed by atoms with Crippen molar-refractivity contribution in [1.29, 1.82) is 0 Å². The van der Waals surface area contributed by atoms with E-state index in [4.69, 9.17) is 23.7 Å². The third-order valence-electron chi connectivity index (χ3n) is 5.14. The lowest BCUT2D eigenvalue weighted by Gasteiger charge is -2.33. The molecule has 0 spiro atoms. The van der Waals surface area contributed by atoms with Gasteiger partial charge in [0.15, 0.2) is 11.5 Å². The van der Waals surface area contributed by atoms with Gasteiger partial charge in [-0.15, -0.1) is 0 Å². The molecule has 3 unspecified atom stereocenters. The van der Waals surface area contributed by atoms with E-state index < -0.39 is 6.29 Å². The van der Waals surface area contributed by atoms with Crippen LogP contribution in [0, 0.1) is 5.92 Å². The van der Waals surface area contributed by atoms with E-state index in [9.17, 15) is 5.11 Å². The first kappa shape index (κ1) is 22.0. The molecule has 6 nitrogen and oxygen atoms in total. The summed E-state index contributed by atoms with van der Waals surface area (Å²) in [5.74, 6) is 3.01. The average molecular weight is 414 g/mol. The van der Waals surface area contributed by atoms with Gasteiger partial charge in [0, 0.05) is 18.1 Å². The van der Waals surface area contributed by atoms with E-state index in [1.54, 1.807) is 27.4 Å². The third-order valence-corrected chi connectivity index (χ3v) is 5.14. The van der Waals surface area contributed by atoms with Gasteiger partial charge in [-0.25, -0.2) is 0 Å². The molecule has 162 valence electrons. The summed E-state index contributed by atoms with van der Waals surface area (Å²) in [6.07, 6.45) is 4.83. The predicted molar refractivity (Wildman–Crippen MR) is 116 cm³/mol. The molecule has 1 aliphatic heterocycles. The SMILES string of the molecule is COc1ccc(/C=C/c2cc(OC)cc(OC)c2OC2CC(C)CC(CO)O2)cc1. The molecule has 0 aliphatic carbocycles. The molecule has 30 heavy (non-hydrogen) atoms. The molecular formula is C24H30O6. The first-order valence-corrected chi connectivity index (χ1v) is 10.1. The molecule has 1 N–H and O–H groups in total. The number of benzene rings is 2. The van der Waals surface area contributed by atoms with Gasteiger partial charge in [0.2, 0.25) is 6.29 Å². The van der Waals surface area contributed by atoms with Crippen LogP contribution in [0.15, 0.2) is 36.4 Å². The fraction of sp³-hybridized carbons (Fsp3) is 0.417. The van der Waals surface area contributed by atoms with E-state index in [0.29, 0.717) is 23.2 Å². The lowest BCUT2D eigenvalue weighted by molar-refractivity contribution is -0.171. The third kappa shape index (κ3) is 5.46. The van der Waals surface area contributed by atoms with Crippen molar-refractivity contribution in [2.45, 2.75) is 32.2 Å². The Bertz CT molecular complexity index is 846. The lowest BCUT2D eigenvalue weighted by Crippen LogP contribution is -2.37. The number of methoxy groups -OCH3 is 3. The Morgan fingerprint density at radius 3 is 2.33 bits per heavy atom. The van der Waals surface area contributed by atoms with E-state index in [0.717, 1.165) is 29.7 Å². The van der Waals surface area contributed by atoms with Crippen molar-refractivity contribution in [3.8, 4) is 23.0 Å². The average Bonchev–Trinajstić information content (AvgIpc) is 2.78. The van der Waals surface area contributed by atoms with Gasteiger partial charge >= 0.3 is 0 Å². The topological polar surface area (TPSA) is 66.4 Å². The number of rotatable bonds is 8. The maximum absolute atomic E-state index is 9.52. The molecule has 1 aliphatic rings. The highest BCUT2D eigenvalue weighted by molar-refractivity contribution is 5.75. The molecule has 1 saturated heterocycles. The van der Waals surface area contributed by atoms with Gasteiger partial charge in [-0.1, -0.05) is 31.2 Å². The van der Waals surface area contributed by atoms with Gasteiger partial charge in [0.25, 0.3) is 0 Å². The number of ether oxygens (including phenoxy) is 5. The molecule has 0 saturated carbocycles. The fourth-order valence-corrected chi connectivity index (χ4v) is 3.54. The number of aliphatic hydroxyl groups excluding tert-OH is 1. The Hall–Kier alpha value is -2.70. The maximum atomic E-state index is 9.52. The van der Waals surface area contributed by atoms with Crippen molar-refractivity contribution in [3.63, 3.8) is 0 Å². The van der Waals surface area contributed by atoms with E-state index >= 15 is 0 Å². The summed E-state index contributed by atoms with van der Waals surface area (Å²) in [5, 5.41) is 9.52. The van der Waals surface area contributed by atoms with Gasteiger partial charge in [0.05, 0.1) is 34.0 Å². The van der Waals surface area contributed by atoms with E-state index in [1.807, 2.05) is 42.5 Å². The lowest BCUT2D eigenvalue weighted by atomic mass is 9.97. The standard InChI is InChI=1S/C24H30O6/c1-16-11-21(15-25)29-23(12-16)30-24-18(13-20(27-3)14-22(24)28-4)8-5-17-6-9-19(26-2)10-7-17/h5-10,13-14,16,21,23,25H,11-12,15H2,1-4H3/b8-5+. The van der Waals surface area contributed by atoms with Crippen LogP contribution >= 0.6 is 0 Å². The normalized spacial score (nSPS) is 21.4. The van der Waals surface area contributed by atoms with Crippen molar-refractivity contribution in [2.24, 2.45) is 5.92 Å². The number of hydrogen-bond donors (Lipinski definition) is 1. The molecule has 1 heterocycles. The highest BCUT2D eigenvalue weighted by atomic mass is 16.7. The Morgan fingerprint density at radius 2 is 1.70 bits per heavy atom. The second-order valence-electron chi connectivity index (χ2n) is 7.42. The van der Waals surface area contributed by atoms with Crippen LogP contribution < -0.4 is 18.9 Å². The molecule has 1 fully saturated rings. The second kappa shape index (κ2) is 10.4. The van der Waals surface area contributed by atoms with Crippen LogP contribution in [-0.4, -0.2) is 45.4 Å². The van der Waals surface area contributed by atoms with Gasteiger partial charge < -0.3 is 28.8 Å². The summed E-state index contributed by atoms with van der Waals surface area (Å²) in [7, 11) is 4.86. The highest BCUT2D eigenvalue weighted by Crippen LogP contribution is 2.39. The number of aliphatic hydroxyl groups is 1. The van der Waals surface area contributed by atoms with Crippen LogP contribution in [0.4, 0.5) is 0 Å². The smallest absolute Gasteiger partial charge is 0.200 e. The quantitative estimate of drug-likeness (QED) is 0.646.